The molecule has 0 bridgehead atoms. The van der Waals surface area contributed by atoms with Crippen LogP contribution >= 0.6 is 27.3 Å². The van der Waals surface area contributed by atoms with Crippen LogP contribution in [0.2, 0.25) is 0 Å². The van der Waals surface area contributed by atoms with Gasteiger partial charge in [0, 0.05) is 10.0 Å². The molecule has 0 fully saturated rings. The second-order valence-corrected chi connectivity index (χ2v) is 8.03. The van der Waals surface area contributed by atoms with Crippen LogP contribution in [0.1, 0.15) is 28.4 Å². The molecular formula is C20H19BrN2O3S. The third-order valence-electron chi connectivity index (χ3n) is 4.19. The van der Waals surface area contributed by atoms with E-state index in [1.807, 2.05) is 44.2 Å². The van der Waals surface area contributed by atoms with Crippen molar-refractivity contribution in [3.05, 3.63) is 62.4 Å². The van der Waals surface area contributed by atoms with Gasteiger partial charge in [-0.05, 0) is 62.2 Å². The standard InChI is InChI=1S/C20H19BrN2O3S/c1-4-26-18(24)11-23-16-8-7-15(21)10-17(16)27-20(23)22-19(25)14-6-5-12(2)13(3)9-14/h5-10H,4,11H2,1-3H3. The van der Waals surface area contributed by atoms with E-state index in [2.05, 4.69) is 20.9 Å². The molecule has 1 amide bonds. The van der Waals surface area contributed by atoms with Crippen molar-refractivity contribution < 1.29 is 14.3 Å². The number of esters is 1. The molecule has 3 rings (SSSR count). The van der Waals surface area contributed by atoms with Crippen molar-refractivity contribution >= 4 is 49.4 Å². The average molecular weight is 447 g/mol. The minimum Gasteiger partial charge on any atom is -0.465 e. The first-order valence-corrected chi connectivity index (χ1v) is 10.1. The maximum absolute atomic E-state index is 12.7. The number of carbonyl (C=O) groups excluding carboxylic acids is 2. The first-order chi connectivity index (χ1) is 12.9. The number of fused-ring (bicyclic) bond motifs is 1. The van der Waals surface area contributed by atoms with Crippen molar-refractivity contribution in [1.29, 1.82) is 0 Å². The SMILES string of the molecule is CCOC(=O)Cn1c(=NC(=O)c2ccc(C)c(C)c2)sc2cc(Br)ccc21. The highest BCUT2D eigenvalue weighted by molar-refractivity contribution is 9.10. The van der Waals surface area contributed by atoms with Crippen LogP contribution in [0.4, 0.5) is 0 Å². The molecule has 0 saturated carbocycles. The molecule has 0 spiro atoms. The summed E-state index contributed by atoms with van der Waals surface area (Å²) in [6.07, 6.45) is 0. The Bertz CT molecular complexity index is 1100. The van der Waals surface area contributed by atoms with Crippen LogP contribution in [0.15, 0.2) is 45.9 Å². The van der Waals surface area contributed by atoms with Gasteiger partial charge in [-0.1, -0.05) is 33.3 Å². The van der Waals surface area contributed by atoms with Gasteiger partial charge in [0.25, 0.3) is 5.91 Å². The predicted octanol–water partition coefficient (Wildman–Crippen LogP) is 4.39. The third-order valence-corrected chi connectivity index (χ3v) is 5.72. The summed E-state index contributed by atoms with van der Waals surface area (Å²) in [4.78, 5) is 29.5. The Morgan fingerprint density at radius 2 is 1.93 bits per heavy atom. The molecule has 0 unspecified atom stereocenters. The minimum atomic E-state index is -0.361. The van der Waals surface area contributed by atoms with Crippen molar-refractivity contribution in [2.75, 3.05) is 6.61 Å². The first-order valence-electron chi connectivity index (χ1n) is 8.50. The Balaban J connectivity index is 2.10. The lowest BCUT2D eigenvalue weighted by Crippen LogP contribution is -2.23. The summed E-state index contributed by atoms with van der Waals surface area (Å²) < 4.78 is 8.65. The second kappa shape index (κ2) is 8.19. The predicted molar refractivity (Wildman–Crippen MR) is 110 cm³/mol. The van der Waals surface area contributed by atoms with Crippen LogP contribution in [0, 0.1) is 13.8 Å². The number of thiazole rings is 1. The molecule has 0 saturated heterocycles. The fourth-order valence-corrected chi connectivity index (χ4v) is 4.23. The van der Waals surface area contributed by atoms with E-state index < -0.39 is 0 Å². The van der Waals surface area contributed by atoms with Crippen LogP contribution in [0.5, 0.6) is 0 Å². The number of aromatic nitrogens is 1. The number of aryl methyl sites for hydroxylation is 2. The van der Waals surface area contributed by atoms with E-state index in [1.165, 1.54) is 11.3 Å². The molecule has 0 radical (unpaired) electrons. The largest absolute Gasteiger partial charge is 0.465 e. The van der Waals surface area contributed by atoms with E-state index in [1.54, 1.807) is 17.6 Å². The van der Waals surface area contributed by atoms with Crippen molar-refractivity contribution in [2.24, 2.45) is 4.99 Å². The zero-order valence-corrected chi connectivity index (χ0v) is 17.7. The van der Waals surface area contributed by atoms with Crippen molar-refractivity contribution in [1.82, 2.24) is 4.57 Å². The van der Waals surface area contributed by atoms with Crippen molar-refractivity contribution in [3.63, 3.8) is 0 Å². The van der Waals surface area contributed by atoms with Gasteiger partial charge in [0.1, 0.15) is 6.54 Å². The summed E-state index contributed by atoms with van der Waals surface area (Å²) in [7, 11) is 0. The van der Waals surface area contributed by atoms with E-state index in [4.69, 9.17) is 4.74 Å². The van der Waals surface area contributed by atoms with Gasteiger partial charge in [0.2, 0.25) is 0 Å². The number of benzene rings is 2. The van der Waals surface area contributed by atoms with Crippen LogP contribution < -0.4 is 4.80 Å². The fourth-order valence-electron chi connectivity index (χ4n) is 2.65. The molecule has 140 valence electrons. The van der Waals surface area contributed by atoms with Crippen molar-refractivity contribution in [2.45, 2.75) is 27.3 Å². The molecule has 1 heterocycles. The Hall–Kier alpha value is -2.25. The lowest BCUT2D eigenvalue weighted by Gasteiger charge is -2.05. The minimum absolute atomic E-state index is 0.00844. The molecule has 0 atom stereocenters. The van der Waals surface area contributed by atoms with Gasteiger partial charge in [-0.25, -0.2) is 0 Å². The van der Waals surface area contributed by atoms with E-state index in [0.717, 1.165) is 25.8 Å². The molecule has 0 aliphatic carbocycles. The zero-order valence-electron chi connectivity index (χ0n) is 15.3. The number of ether oxygens (including phenoxy) is 1. The average Bonchev–Trinajstić information content (AvgIpc) is 2.93. The smallest absolute Gasteiger partial charge is 0.326 e. The van der Waals surface area contributed by atoms with E-state index in [0.29, 0.717) is 17.0 Å². The number of halogens is 1. The molecular weight excluding hydrogens is 428 g/mol. The number of hydrogen-bond acceptors (Lipinski definition) is 4. The number of amides is 1. The Labute approximate surface area is 169 Å². The lowest BCUT2D eigenvalue weighted by molar-refractivity contribution is -0.143. The summed E-state index contributed by atoms with van der Waals surface area (Å²) in [5, 5.41) is 0. The number of carbonyl (C=O) groups is 2. The summed E-state index contributed by atoms with van der Waals surface area (Å²) >= 11 is 4.82. The van der Waals surface area contributed by atoms with Gasteiger partial charge in [0.05, 0.1) is 16.8 Å². The quantitative estimate of drug-likeness (QED) is 0.558. The lowest BCUT2D eigenvalue weighted by atomic mass is 10.1. The van der Waals surface area contributed by atoms with Gasteiger partial charge in [-0.15, -0.1) is 0 Å². The molecule has 3 aromatic rings. The van der Waals surface area contributed by atoms with Crippen molar-refractivity contribution in [3.8, 4) is 0 Å². The maximum Gasteiger partial charge on any atom is 0.326 e. The number of rotatable bonds is 4. The molecule has 7 heteroatoms. The van der Waals surface area contributed by atoms with Gasteiger partial charge in [-0.3, -0.25) is 9.59 Å². The summed E-state index contributed by atoms with van der Waals surface area (Å²) in [5.41, 5.74) is 3.52. The van der Waals surface area contributed by atoms with Crippen LogP contribution in [0.25, 0.3) is 10.2 Å². The van der Waals surface area contributed by atoms with Crippen LogP contribution in [0.3, 0.4) is 0 Å². The molecule has 0 aliphatic heterocycles. The highest BCUT2D eigenvalue weighted by atomic mass is 79.9. The number of hydrogen-bond donors (Lipinski definition) is 0. The summed E-state index contributed by atoms with van der Waals surface area (Å²) in [6.45, 7) is 6.04. The molecule has 5 nitrogen and oxygen atoms in total. The molecule has 2 aromatic carbocycles. The van der Waals surface area contributed by atoms with Gasteiger partial charge >= 0.3 is 5.97 Å². The third kappa shape index (κ3) is 4.36. The number of nitrogens with zero attached hydrogens (tertiary/aromatic N) is 2. The molecule has 1 aromatic heterocycles. The monoisotopic (exact) mass is 446 g/mol. The molecule has 27 heavy (non-hydrogen) atoms. The molecule has 0 N–H and O–H groups in total. The van der Waals surface area contributed by atoms with Gasteiger partial charge in [0.15, 0.2) is 4.80 Å². The fraction of sp³-hybridized carbons (Fsp3) is 0.250. The zero-order chi connectivity index (χ0) is 19.6. The Morgan fingerprint density at radius 3 is 2.63 bits per heavy atom. The topological polar surface area (TPSA) is 60.7 Å². The second-order valence-electron chi connectivity index (χ2n) is 6.10. The highest BCUT2D eigenvalue weighted by Gasteiger charge is 2.13. The summed E-state index contributed by atoms with van der Waals surface area (Å²) in [6, 6.07) is 11.3. The normalized spacial score (nSPS) is 11.8. The Kier molecular flexibility index (Phi) is 5.92. The van der Waals surface area contributed by atoms with Gasteiger partial charge in [-0.2, -0.15) is 4.99 Å². The van der Waals surface area contributed by atoms with Crippen LogP contribution in [-0.4, -0.2) is 23.1 Å². The molecule has 0 aliphatic rings. The van der Waals surface area contributed by atoms with E-state index in [9.17, 15) is 9.59 Å². The first kappa shape index (κ1) is 19.5. The maximum atomic E-state index is 12.7. The Morgan fingerprint density at radius 1 is 1.15 bits per heavy atom. The van der Waals surface area contributed by atoms with Gasteiger partial charge < -0.3 is 9.30 Å². The summed E-state index contributed by atoms with van der Waals surface area (Å²) in [5.74, 6) is -0.693. The van der Waals surface area contributed by atoms with E-state index in [-0.39, 0.29) is 18.4 Å². The van der Waals surface area contributed by atoms with E-state index >= 15 is 0 Å². The highest BCUT2D eigenvalue weighted by Crippen LogP contribution is 2.22. The van der Waals surface area contributed by atoms with Crippen LogP contribution in [-0.2, 0) is 16.1 Å².